The summed E-state index contributed by atoms with van der Waals surface area (Å²) in [5, 5.41) is 3.39. The first-order chi connectivity index (χ1) is 8.66. The highest BCUT2D eigenvalue weighted by molar-refractivity contribution is 5.82. The molecule has 1 aliphatic rings. The Morgan fingerprint density at radius 1 is 1.39 bits per heavy atom. The lowest BCUT2D eigenvalue weighted by Crippen LogP contribution is -2.60. The minimum Gasteiger partial charge on any atom is -0.465 e. The molecule has 1 N–H and O–H groups in total. The van der Waals surface area contributed by atoms with Crippen molar-refractivity contribution < 1.29 is 9.53 Å². The number of esters is 1. The maximum Gasteiger partial charge on any atom is 0.326 e. The van der Waals surface area contributed by atoms with Gasteiger partial charge in [0.15, 0.2) is 0 Å². The van der Waals surface area contributed by atoms with Gasteiger partial charge < -0.3 is 4.74 Å². The summed E-state index contributed by atoms with van der Waals surface area (Å²) in [5.74, 6) is 0.497. The summed E-state index contributed by atoms with van der Waals surface area (Å²) in [4.78, 5) is 12.0. The summed E-state index contributed by atoms with van der Waals surface area (Å²) in [5.41, 5.74) is 0.742. The highest BCUT2D eigenvalue weighted by atomic mass is 16.5. The first-order valence-corrected chi connectivity index (χ1v) is 6.62. The maximum atomic E-state index is 12.0. The highest BCUT2D eigenvalue weighted by Gasteiger charge is 2.49. The number of hydrogen-bond acceptors (Lipinski definition) is 3. The molecule has 2 rings (SSSR count). The predicted octanol–water partition coefficient (Wildman–Crippen LogP) is 2.51. The summed E-state index contributed by atoms with van der Waals surface area (Å²) in [6, 6.07) is 10.1. The Hall–Kier alpha value is -1.35. The number of carbonyl (C=O) groups is 1. The van der Waals surface area contributed by atoms with Crippen LogP contribution < -0.4 is 5.32 Å². The molecule has 1 aromatic rings. The molecule has 0 saturated heterocycles. The molecule has 18 heavy (non-hydrogen) atoms. The van der Waals surface area contributed by atoms with Crippen molar-refractivity contribution in [3.8, 4) is 0 Å². The van der Waals surface area contributed by atoms with Gasteiger partial charge in [0.2, 0.25) is 0 Å². The van der Waals surface area contributed by atoms with Crippen LogP contribution in [0.15, 0.2) is 30.3 Å². The van der Waals surface area contributed by atoms with Crippen molar-refractivity contribution in [2.45, 2.75) is 38.8 Å². The van der Waals surface area contributed by atoms with E-state index in [-0.39, 0.29) is 5.97 Å². The lowest BCUT2D eigenvalue weighted by molar-refractivity contribution is -0.157. The van der Waals surface area contributed by atoms with Crippen LogP contribution in [0.3, 0.4) is 0 Å². The van der Waals surface area contributed by atoms with Gasteiger partial charge in [-0.2, -0.15) is 0 Å². The van der Waals surface area contributed by atoms with Crippen LogP contribution in [0.2, 0.25) is 0 Å². The van der Waals surface area contributed by atoms with Crippen molar-refractivity contribution in [1.82, 2.24) is 5.32 Å². The van der Waals surface area contributed by atoms with Crippen LogP contribution in [-0.2, 0) is 16.1 Å². The third-order valence-corrected chi connectivity index (χ3v) is 3.53. The van der Waals surface area contributed by atoms with E-state index in [4.69, 9.17) is 4.74 Å². The lowest BCUT2D eigenvalue weighted by atomic mass is 9.69. The van der Waals surface area contributed by atoms with Gasteiger partial charge in [0.1, 0.15) is 5.54 Å². The first-order valence-electron chi connectivity index (χ1n) is 6.62. The van der Waals surface area contributed by atoms with E-state index in [1.165, 1.54) is 5.56 Å². The second kappa shape index (κ2) is 5.53. The van der Waals surface area contributed by atoms with Gasteiger partial charge in [-0.3, -0.25) is 10.1 Å². The molecule has 0 aliphatic heterocycles. The zero-order chi connectivity index (χ0) is 13.0. The number of nitrogens with one attached hydrogen (secondary N) is 1. The van der Waals surface area contributed by atoms with Gasteiger partial charge in [0.25, 0.3) is 0 Å². The summed E-state index contributed by atoms with van der Waals surface area (Å²) < 4.78 is 5.18. The topological polar surface area (TPSA) is 38.3 Å². The molecule has 1 aromatic carbocycles. The summed E-state index contributed by atoms with van der Waals surface area (Å²) in [6.07, 6.45) is 1.75. The maximum absolute atomic E-state index is 12.0. The summed E-state index contributed by atoms with van der Waals surface area (Å²) in [7, 11) is 0. The van der Waals surface area contributed by atoms with Gasteiger partial charge >= 0.3 is 5.97 Å². The minimum absolute atomic E-state index is 0.0981. The van der Waals surface area contributed by atoms with Crippen molar-refractivity contribution in [2.75, 3.05) is 6.61 Å². The molecule has 0 amide bonds. The van der Waals surface area contributed by atoms with Gasteiger partial charge in [-0.05, 0) is 31.2 Å². The van der Waals surface area contributed by atoms with E-state index in [0.717, 1.165) is 12.8 Å². The Balaban J connectivity index is 1.97. The van der Waals surface area contributed by atoms with Crippen LogP contribution >= 0.6 is 0 Å². The molecule has 0 aromatic heterocycles. The minimum atomic E-state index is -0.453. The van der Waals surface area contributed by atoms with E-state index >= 15 is 0 Å². The van der Waals surface area contributed by atoms with Gasteiger partial charge in [-0.1, -0.05) is 37.3 Å². The highest BCUT2D eigenvalue weighted by Crippen LogP contribution is 2.38. The molecular formula is C15H21NO2. The van der Waals surface area contributed by atoms with Crippen LogP contribution in [0.1, 0.15) is 32.3 Å². The Labute approximate surface area is 109 Å². The second-order valence-corrected chi connectivity index (χ2v) is 5.16. The summed E-state index contributed by atoms with van der Waals surface area (Å²) in [6.45, 7) is 5.18. The third-order valence-electron chi connectivity index (χ3n) is 3.53. The molecule has 0 heterocycles. The molecule has 98 valence electrons. The number of rotatable bonds is 5. The Morgan fingerprint density at radius 2 is 2.06 bits per heavy atom. The van der Waals surface area contributed by atoms with E-state index in [9.17, 15) is 4.79 Å². The SMILES string of the molecule is CCOC(=O)C1(NCc2ccccc2)CC(C)C1. The Morgan fingerprint density at radius 3 is 2.61 bits per heavy atom. The molecule has 3 heteroatoms. The molecule has 1 saturated carbocycles. The van der Waals surface area contributed by atoms with Crippen molar-refractivity contribution in [2.24, 2.45) is 5.92 Å². The normalized spacial score (nSPS) is 26.4. The van der Waals surface area contributed by atoms with Gasteiger partial charge in [-0.25, -0.2) is 0 Å². The fraction of sp³-hybridized carbons (Fsp3) is 0.533. The zero-order valence-electron chi connectivity index (χ0n) is 11.1. The van der Waals surface area contributed by atoms with Crippen LogP contribution in [0, 0.1) is 5.92 Å². The van der Waals surface area contributed by atoms with Gasteiger partial charge in [0.05, 0.1) is 6.61 Å². The van der Waals surface area contributed by atoms with Crippen LogP contribution in [0.4, 0.5) is 0 Å². The molecular weight excluding hydrogens is 226 g/mol. The molecule has 0 radical (unpaired) electrons. The zero-order valence-corrected chi connectivity index (χ0v) is 11.1. The van der Waals surface area contributed by atoms with Crippen LogP contribution in [-0.4, -0.2) is 18.1 Å². The van der Waals surface area contributed by atoms with E-state index in [1.54, 1.807) is 0 Å². The fourth-order valence-corrected chi connectivity index (χ4v) is 2.65. The molecule has 0 spiro atoms. The van der Waals surface area contributed by atoms with E-state index in [1.807, 2.05) is 25.1 Å². The second-order valence-electron chi connectivity index (χ2n) is 5.16. The van der Waals surface area contributed by atoms with E-state index in [2.05, 4.69) is 24.4 Å². The predicted molar refractivity (Wildman–Crippen MR) is 71.0 cm³/mol. The summed E-state index contributed by atoms with van der Waals surface area (Å²) >= 11 is 0. The van der Waals surface area contributed by atoms with E-state index in [0.29, 0.717) is 19.1 Å². The van der Waals surface area contributed by atoms with Crippen molar-refractivity contribution in [1.29, 1.82) is 0 Å². The standard InChI is InChI=1S/C15H21NO2/c1-3-18-14(17)15(9-12(2)10-15)16-11-13-7-5-4-6-8-13/h4-8,12,16H,3,9-11H2,1-2H3. The van der Waals surface area contributed by atoms with Crippen molar-refractivity contribution in [3.05, 3.63) is 35.9 Å². The molecule has 0 unspecified atom stereocenters. The Bertz CT molecular complexity index is 396. The quantitative estimate of drug-likeness (QED) is 0.812. The molecule has 1 aliphatic carbocycles. The monoisotopic (exact) mass is 247 g/mol. The molecule has 0 bridgehead atoms. The molecule has 1 fully saturated rings. The third kappa shape index (κ3) is 2.72. The van der Waals surface area contributed by atoms with Gasteiger partial charge in [-0.15, -0.1) is 0 Å². The fourth-order valence-electron chi connectivity index (χ4n) is 2.65. The van der Waals surface area contributed by atoms with Gasteiger partial charge in [0, 0.05) is 6.54 Å². The number of benzene rings is 1. The first kappa shape index (κ1) is 13.1. The lowest BCUT2D eigenvalue weighted by Gasteiger charge is -2.44. The average molecular weight is 247 g/mol. The molecule has 0 atom stereocenters. The molecule has 3 nitrogen and oxygen atoms in total. The van der Waals surface area contributed by atoms with E-state index < -0.39 is 5.54 Å². The largest absolute Gasteiger partial charge is 0.465 e. The average Bonchev–Trinajstić information content (AvgIpc) is 2.34. The smallest absolute Gasteiger partial charge is 0.326 e. The van der Waals surface area contributed by atoms with Crippen LogP contribution in [0.25, 0.3) is 0 Å². The number of hydrogen-bond donors (Lipinski definition) is 1. The van der Waals surface area contributed by atoms with Crippen molar-refractivity contribution in [3.63, 3.8) is 0 Å². The van der Waals surface area contributed by atoms with Crippen molar-refractivity contribution >= 4 is 5.97 Å². The number of ether oxygens (including phenoxy) is 1. The van der Waals surface area contributed by atoms with Crippen LogP contribution in [0.5, 0.6) is 0 Å². The Kier molecular flexibility index (Phi) is 4.02. The number of carbonyl (C=O) groups excluding carboxylic acids is 1.